The molecule has 1 amide bonds. The average molecular weight is 672 g/mol. The Labute approximate surface area is 278 Å². The molecule has 4 aromatic carbocycles. The van der Waals surface area contributed by atoms with Crippen LogP contribution < -0.4 is 0 Å². The fourth-order valence-electron chi connectivity index (χ4n) is 6.57. The Morgan fingerprint density at radius 2 is 1.23 bits per heavy atom. The lowest BCUT2D eigenvalue weighted by Gasteiger charge is -2.30. The highest BCUT2D eigenvalue weighted by atomic mass is 19.4. The predicted molar refractivity (Wildman–Crippen MR) is 181 cm³/mol. The number of rotatable bonds is 2. The lowest BCUT2D eigenvalue weighted by Crippen LogP contribution is -2.39. The molecular formula is C39H43F6NO2. The van der Waals surface area contributed by atoms with Gasteiger partial charge in [-0.1, -0.05) is 93.4 Å². The van der Waals surface area contributed by atoms with Crippen molar-refractivity contribution in [1.82, 2.24) is 4.90 Å². The van der Waals surface area contributed by atoms with Gasteiger partial charge in [0.2, 0.25) is 0 Å². The molecule has 1 fully saturated rings. The van der Waals surface area contributed by atoms with E-state index in [4.69, 9.17) is 4.74 Å². The standard InChI is InChI=1S/C21H22F3NO2.C17H17F3.CH4/c1-20(2,3)27-19(26)25-12-10-14(11-13-25)15-8-9-18(21(22,23)24)17-7-5-4-6-16(15)17;18-17(19,20)16-11-10-13(12-6-2-1-3-7-12)14-8-4-5-9-15(14)16;/h4-10H,11-13H2,1-3H3;4-5,8-12H,1-3,6-7H2;1H4. The first-order valence-electron chi connectivity index (χ1n) is 16.0. The van der Waals surface area contributed by atoms with Gasteiger partial charge >= 0.3 is 18.4 Å². The molecule has 9 heteroatoms. The molecule has 0 unspecified atom stereocenters. The number of hydrogen-bond acceptors (Lipinski definition) is 2. The largest absolute Gasteiger partial charge is 0.444 e. The van der Waals surface area contributed by atoms with Crippen LogP contribution in [0.15, 0.2) is 78.9 Å². The maximum atomic E-state index is 13.3. The maximum absolute atomic E-state index is 13.3. The lowest BCUT2D eigenvalue weighted by atomic mass is 9.81. The van der Waals surface area contributed by atoms with Gasteiger partial charge in [0.15, 0.2) is 0 Å². The molecule has 0 aromatic heterocycles. The van der Waals surface area contributed by atoms with Crippen molar-refractivity contribution < 1.29 is 35.9 Å². The Hall–Kier alpha value is -4.01. The number of benzene rings is 4. The van der Waals surface area contributed by atoms with Crippen molar-refractivity contribution in [2.45, 2.75) is 90.6 Å². The van der Waals surface area contributed by atoms with Gasteiger partial charge in [-0.15, -0.1) is 0 Å². The maximum Gasteiger partial charge on any atom is 0.417 e. The minimum atomic E-state index is -4.40. The second kappa shape index (κ2) is 14.6. The van der Waals surface area contributed by atoms with Crippen molar-refractivity contribution in [2.24, 2.45) is 0 Å². The molecule has 0 N–H and O–H groups in total. The van der Waals surface area contributed by atoms with E-state index in [0.717, 1.165) is 41.0 Å². The summed E-state index contributed by atoms with van der Waals surface area (Å²) in [6.45, 7) is 6.27. The number of amides is 1. The molecule has 1 aliphatic heterocycles. The summed E-state index contributed by atoms with van der Waals surface area (Å²) in [4.78, 5) is 13.8. The molecule has 0 bridgehead atoms. The molecule has 0 atom stereocenters. The number of fused-ring (bicyclic) bond motifs is 2. The molecule has 258 valence electrons. The third kappa shape index (κ3) is 8.52. The third-order valence-electron chi connectivity index (χ3n) is 8.74. The van der Waals surface area contributed by atoms with E-state index < -0.39 is 29.1 Å². The molecule has 6 rings (SSSR count). The molecule has 1 saturated carbocycles. The van der Waals surface area contributed by atoms with E-state index in [2.05, 4.69) is 0 Å². The van der Waals surface area contributed by atoms with E-state index in [1.807, 2.05) is 39.0 Å². The number of carbonyl (C=O) groups excluding carboxylic acids is 1. The summed E-state index contributed by atoms with van der Waals surface area (Å²) >= 11 is 0. The number of hydrogen-bond donors (Lipinski definition) is 0. The second-order valence-corrected chi connectivity index (χ2v) is 13.2. The van der Waals surface area contributed by atoms with Crippen LogP contribution in [-0.4, -0.2) is 29.7 Å². The van der Waals surface area contributed by atoms with Crippen LogP contribution in [0.25, 0.3) is 27.1 Å². The van der Waals surface area contributed by atoms with Gasteiger partial charge in [-0.05, 0) is 96.3 Å². The summed E-state index contributed by atoms with van der Waals surface area (Å²) in [6, 6.07) is 19.1. The van der Waals surface area contributed by atoms with Crippen LogP contribution in [0.3, 0.4) is 0 Å². The summed E-state index contributed by atoms with van der Waals surface area (Å²) in [5.41, 5.74) is 1.10. The minimum absolute atomic E-state index is 0. The zero-order valence-corrected chi connectivity index (χ0v) is 26.8. The smallest absolute Gasteiger partial charge is 0.417 e. The molecule has 0 spiro atoms. The first-order valence-corrected chi connectivity index (χ1v) is 16.0. The average Bonchev–Trinajstić information content (AvgIpc) is 3.03. The van der Waals surface area contributed by atoms with Crippen LogP contribution in [0.4, 0.5) is 31.1 Å². The van der Waals surface area contributed by atoms with Crippen molar-refractivity contribution in [3.8, 4) is 0 Å². The molecule has 48 heavy (non-hydrogen) atoms. The monoisotopic (exact) mass is 671 g/mol. The highest BCUT2D eigenvalue weighted by molar-refractivity contribution is 5.96. The zero-order valence-electron chi connectivity index (χ0n) is 26.8. The summed E-state index contributed by atoms with van der Waals surface area (Å²) in [6.07, 6.45) is -0.816. The summed E-state index contributed by atoms with van der Waals surface area (Å²) in [5, 5.41) is 1.87. The summed E-state index contributed by atoms with van der Waals surface area (Å²) in [7, 11) is 0. The first-order chi connectivity index (χ1) is 22.1. The molecule has 4 aromatic rings. The van der Waals surface area contributed by atoms with Gasteiger partial charge in [0, 0.05) is 13.1 Å². The van der Waals surface area contributed by atoms with Gasteiger partial charge in [-0.2, -0.15) is 26.3 Å². The van der Waals surface area contributed by atoms with Gasteiger partial charge in [0.05, 0.1) is 11.1 Å². The molecule has 0 radical (unpaired) electrons. The third-order valence-corrected chi connectivity index (χ3v) is 8.74. The Bertz CT molecular complexity index is 1760. The number of alkyl halides is 6. The van der Waals surface area contributed by atoms with Crippen LogP contribution in [0.5, 0.6) is 0 Å². The predicted octanol–water partition coefficient (Wildman–Crippen LogP) is 12.4. The van der Waals surface area contributed by atoms with Crippen molar-refractivity contribution >= 4 is 33.2 Å². The fraction of sp³-hybridized carbons (Fsp3) is 0.410. The minimum Gasteiger partial charge on any atom is -0.444 e. The number of carbonyl (C=O) groups is 1. The molecule has 3 nitrogen and oxygen atoms in total. The Morgan fingerprint density at radius 1 is 0.708 bits per heavy atom. The van der Waals surface area contributed by atoms with Gasteiger partial charge in [-0.3, -0.25) is 0 Å². The van der Waals surface area contributed by atoms with Gasteiger partial charge in [0.1, 0.15) is 5.60 Å². The van der Waals surface area contributed by atoms with E-state index in [0.29, 0.717) is 36.2 Å². The first kappa shape index (κ1) is 36.8. The highest BCUT2D eigenvalue weighted by Crippen LogP contribution is 2.41. The van der Waals surface area contributed by atoms with Crippen LogP contribution in [0.2, 0.25) is 0 Å². The van der Waals surface area contributed by atoms with Crippen LogP contribution in [0.1, 0.15) is 94.9 Å². The molecule has 1 aliphatic carbocycles. The lowest BCUT2D eigenvalue weighted by molar-refractivity contribution is -0.137. The Balaban J connectivity index is 0.000000221. The van der Waals surface area contributed by atoms with Crippen LogP contribution in [-0.2, 0) is 17.1 Å². The summed E-state index contributed by atoms with van der Waals surface area (Å²) < 4.78 is 84.5. The Morgan fingerprint density at radius 3 is 1.75 bits per heavy atom. The number of halogens is 6. The van der Waals surface area contributed by atoms with Crippen molar-refractivity contribution in [1.29, 1.82) is 0 Å². The van der Waals surface area contributed by atoms with Crippen molar-refractivity contribution in [2.75, 3.05) is 13.1 Å². The topological polar surface area (TPSA) is 29.5 Å². The van der Waals surface area contributed by atoms with E-state index in [9.17, 15) is 31.1 Å². The summed E-state index contributed by atoms with van der Waals surface area (Å²) in [5.74, 6) is 0.413. The van der Waals surface area contributed by atoms with Crippen LogP contribution in [0, 0.1) is 0 Å². The highest BCUT2D eigenvalue weighted by Gasteiger charge is 2.34. The van der Waals surface area contributed by atoms with E-state index in [1.165, 1.54) is 37.5 Å². The quantitative estimate of drug-likeness (QED) is 0.199. The number of nitrogens with zero attached hydrogens (tertiary/aromatic N) is 1. The van der Waals surface area contributed by atoms with Crippen LogP contribution >= 0.6 is 0 Å². The number of ether oxygens (including phenoxy) is 1. The molecule has 0 saturated heterocycles. The second-order valence-electron chi connectivity index (χ2n) is 13.2. The fourth-order valence-corrected chi connectivity index (χ4v) is 6.57. The van der Waals surface area contributed by atoms with Gasteiger partial charge < -0.3 is 9.64 Å². The molecular weight excluding hydrogens is 628 g/mol. The normalized spacial score (nSPS) is 16.1. The van der Waals surface area contributed by atoms with E-state index in [-0.39, 0.29) is 18.9 Å². The van der Waals surface area contributed by atoms with Crippen molar-refractivity contribution in [3.05, 3.63) is 101 Å². The Kier molecular flexibility index (Phi) is 11.2. The van der Waals surface area contributed by atoms with E-state index in [1.54, 1.807) is 41.3 Å². The SMILES string of the molecule is C.CC(C)(C)OC(=O)N1CC=C(c2ccc(C(F)(F)F)c3ccccc23)CC1.FC(F)(F)c1ccc(C2CCCCC2)c2ccccc12. The molecule has 2 aliphatic rings. The van der Waals surface area contributed by atoms with Gasteiger partial charge in [-0.25, -0.2) is 4.79 Å². The van der Waals surface area contributed by atoms with Crippen molar-refractivity contribution in [3.63, 3.8) is 0 Å². The molecule has 1 heterocycles. The van der Waals surface area contributed by atoms with E-state index >= 15 is 0 Å². The van der Waals surface area contributed by atoms with Gasteiger partial charge in [0.25, 0.3) is 0 Å². The zero-order chi connectivity index (χ0) is 34.0.